The number of anilines is 1. The fourth-order valence-corrected chi connectivity index (χ4v) is 5.65. The lowest BCUT2D eigenvalue weighted by Gasteiger charge is -2.32. The number of nitrogens with one attached hydrogen (secondary N) is 1. The van der Waals surface area contributed by atoms with Crippen LogP contribution >= 0.6 is 0 Å². The Balaban J connectivity index is 1.04. The molecule has 1 atom stereocenters. The van der Waals surface area contributed by atoms with Crippen molar-refractivity contribution < 1.29 is 14.3 Å². The summed E-state index contributed by atoms with van der Waals surface area (Å²) in [6.45, 7) is 6.21. The van der Waals surface area contributed by atoms with Gasteiger partial charge in [0.15, 0.2) is 0 Å². The second-order valence-electron chi connectivity index (χ2n) is 11.6. The quantitative estimate of drug-likeness (QED) is 0.319. The van der Waals surface area contributed by atoms with Crippen molar-refractivity contribution in [2.45, 2.75) is 19.0 Å². The molecule has 11 heteroatoms. The number of likely N-dealkylation sites (N-methyl/N-ethyl adjacent to an activating group) is 1. The van der Waals surface area contributed by atoms with E-state index in [-0.39, 0.29) is 23.7 Å². The number of carbonyl (C=O) groups excluding carboxylic acids is 2. The summed E-state index contributed by atoms with van der Waals surface area (Å²) in [7, 11) is 3.99. The number of nitrogen functional groups attached to an aromatic ring is 1. The standard InChI is InChI=1S/C33H38N8O3/c1-38-12-14-40(15-13-38)20-23-6-8-28(9-7-23)44-29-5-3-4-24(16-29)33(43)41-11-10-27(22-41)37-32(42)30-17-25(18-35-31(30)34)26-19-36-39(2)21-26/h3-9,16-19,21,27H,10-15,20,22H2,1-2H3,(H2,34,35)(H,37,42)/t27-/m1/s1. The zero-order valence-corrected chi connectivity index (χ0v) is 25.1. The van der Waals surface area contributed by atoms with Gasteiger partial charge in [0.1, 0.15) is 17.3 Å². The first-order chi connectivity index (χ1) is 21.3. The number of likely N-dealkylation sites (tertiary alicyclic amines) is 1. The van der Waals surface area contributed by atoms with Crippen LogP contribution in [0.2, 0.25) is 0 Å². The molecule has 2 fully saturated rings. The van der Waals surface area contributed by atoms with Gasteiger partial charge >= 0.3 is 0 Å². The van der Waals surface area contributed by atoms with Gasteiger partial charge in [0.25, 0.3) is 11.8 Å². The maximum absolute atomic E-state index is 13.4. The minimum absolute atomic E-state index is 0.102. The van der Waals surface area contributed by atoms with Crippen LogP contribution in [0.15, 0.2) is 73.2 Å². The van der Waals surface area contributed by atoms with E-state index in [1.165, 1.54) is 5.56 Å². The normalized spacial score (nSPS) is 17.5. The van der Waals surface area contributed by atoms with Crippen LogP contribution in [-0.2, 0) is 13.6 Å². The highest BCUT2D eigenvalue weighted by molar-refractivity contribution is 6.00. The van der Waals surface area contributed by atoms with E-state index in [1.807, 2.05) is 37.5 Å². The number of hydrogen-bond donors (Lipinski definition) is 2. The second kappa shape index (κ2) is 12.9. The van der Waals surface area contributed by atoms with Gasteiger partial charge in [-0.3, -0.25) is 19.2 Å². The molecule has 228 valence electrons. The molecule has 6 rings (SSSR count). The van der Waals surface area contributed by atoms with E-state index in [4.69, 9.17) is 10.5 Å². The van der Waals surface area contributed by atoms with E-state index in [0.717, 1.165) is 49.6 Å². The molecule has 2 amide bonds. The lowest BCUT2D eigenvalue weighted by Crippen LogP contribution is -2.43. The topological polar surface area (TPSA) is 122 Å². The third-order valence-corrected chi connectivity index (χ3v) is 8.25. The molecular formula is C33H38N8O3. The highest BCUT2D eigenvalue weighted by Crippen LogP contribution is 2.25. The molecule has 2 aromatic heterocycles. The average molecular weight is 595 g/mol. The highest BCUT2D eigenvalue weighted by Gasteiger charge is 2.29. The minimum Gasteiger partial charge on any atom is -0.457 e. The van der Waals surface area contributed by atoms with Crippen LogP contribution in [0.25, 0.3) is 11.1 Å². The Morgan fingerprint density at radius 2 is 1.75 bits per heavy atom. The molecule has 0 radical (unpaired) electrons. The van der Waals surface area contributed by atoms with E-state index < -0.39 is 0 Å². The van der Waals surface area contributed by atoms with Gasteiger partial charge in [-0.2, -0.15) is 5.10 Å². The summed E-state index contributed by atoms with van der Waals surface area (Å²) in [6, 6.07) is 16.9. The summed E-state index contributed by atoms with van der Waals surface area (Å²) >= 11 is 0. The second-order valence-corrected chi connectivity index (χ2v) is 11.6. The smallest absolute Gasteiger partial charge is 0.255 e. The van der Waals surface area contributed by atoms with Crippen molar-refractivity contribution in [3.63, 3.8) is 0 Å². The third kappa shape index (κ3) is 6.90. The first kappa shape index (κ1) is 29.3. The first-order valence-electron chi connectivity index (χ1n) is 14.9. The van der Waals surface area contributed by atoms with Crippen molar-refractivity contribution in [3.8, 4) is 22.6 Å². The Morgan fingerprint density at radius 3 is 2.50 bits per heavy atom. The molecule has 2 saturated heterocycles. The molecule has 0 aliphatic carbocycles. The number of carbonyl (C=O) groups is 2. The van der Waals surface area contributed by atoms with Crippen LogP contribution in [-0.4, -0.2) is 93.6 Å². The van der Waals surface area contributed by atoms with Crippen molar-refractivity contribution in [2.24, 2.45) is 7.05 Å². The van der Waals surface area contributed by atoms with Gasteiger partial charge in [0, 0.05) is 88.0 Å². The maximum atomic E-state index is 13.4. The zero-order chi connectivity index (χ0) is 30.6. The molecule has 0 spiro atoms. The molecule has 0 saturated carbocycles. The van der Waals surface area contributed by atoms with Crippen molar-refractivity contribution in [2.75, 3.05) is 52.0 Å². The number of nitrogens with two attached hydrogens (primary N) is 1. The van der Waals surface area contributed by atoms with Crippen molar-refractivity contribution in [1.82, 2.24) is 34.8 Å². The van der Waals surface area contributed by atoms with E-state index in [2.05, 4.69) is 44.4 Å². The van der Waals surface area contributed by atoms with Crippen LogP contribution in [0.1, 0.15) is 32.7 Å². The largest absolute Gasteiger partial charge is 0.457 e. The van der Waals surface area contributed by atoms with Crippen molar-refractivity contribution in [3.05, 3.63) is 89.9 Å². The Labute approximate surface area is 257 Å². The molecule has 2 aromatic carbocycles. The summed E-state index contributed by atoms with van der Waals surface area (Å²) in [6.07, 6.45) is 5.83. The van der Waals surface area contributed by atoms with Crippen LogP contribution in [0.5, 0.6) is 11.5 Å². The first-order valence-corrected chi connectivity index (χ1v) is 14.9. The number of benzene rings is 2. The fourth-order valence-electron chi connectivity index (χ4n) is 5.65. The average Bonchev–Trinajstić information content (AvgIpc) is 3.68. The number of piperazine rings is 1. The van der Waals surface area contributed by atoms with Crippen LogP contribution in [0.4, 0.5) is 5.82 Å². The number of amides is 2. The lowest BCUT2D eigenvalue weighted by molar-refractivity contribution is 0.0783. The van der Waals surface area contributed by atoms with Crippen LogP contribution < -0.4 is 15.8 Å². The molecular weight excluding hydrogens is 556 g/mol. The number of hydrogen-bond acceptors (Lipinski definition) is 8. The van der Waals surface area contributed by atoms with Crippen molar-refractivity contribution in [1.29, 1.82) is 0 Å². The van der Waals surface area contributed by atoms with Gasteiger partial charge in [0.2, 0.25) is 0 Å². The highest BCUT2D eigenvalue weighted by atomic mass is 16.5. The van der Waals surface area contributed by atoms with Gasteiger partial charge in [-0.25, -0.2) is 4.98 Å². The molecule has 4 aromatic rings. The molecule has 3 N–H and O–H groups in total. The Hall–Kier alpha value is -4.74. The predicted molar refractivity (Wildman–Crippen MR) is 168 cm³/mol. The monoisotopic (exact) mass is 594 g/mol. The van der Waals surface area contributed by atoms with Gasteiger partial charge in [-0.15, -0.1) is 0 Å². The summed E-state index contributed by atoms with van der Waals surface area (Å²) < 4.78 is 7.78. The van der Waals surface area contributed by atoms with Gasteiger partial charge in [-0.05, 0) is 55.4 Å². The maximum Gasteiger partial charge on any atom is 0.255 e. The molecule has 4 heterocycles. The van der Waals surface area contributed by atoms with E-state index in [9.17, 15) is 9.59 Å². The number of pyridine rings is 1. The van der Waals surface area contributed by atoms with Gasteiger partial charge < -0.3 is 25.6 Å². The van der Waals surface area contributed by atoms with E-state index in [1.54, 1.807) is 40.2 Å². The summed E-state index contributed by atoms with van der Waals surface area (Å²) in [4.78, 5) is 37.3. The fraction of sp³-hybridized carbons (Fsp3) is 0.333. The van der Waals surface area contributed by atoms with E-state index >= 15 is 0 Å². The molecule has 44 heavy (non-hydrogen) atoms. The Bertz CT molecular complexity index is 1630. The number of aromatic nitrogens is 3. The summed E-state index contributed by atoms with van der Waals surface area (Å²) in [5.41, 5.74) is 9.73. The third-order valence-electron chi connectivity index (χ3n) is 8.25. The van der Waals surface area contributed by atoms with Gasteiger partial charge in [0.05, 0.1) is 11.8 Å². The number of aryl methyl sites for hydroxylation is 1. The molecule has 0 bridgehead atoms. The Morgan fingerprint density at radius 1 is 0.955 bits per heavy atom. The lowest BCUT2D eigenvalue weighted by atomic mass is 10.1. The number of nitrogens with zero attached hydrogens (tertiary/aromatic N) is 6. The predicted octanol–water partition coefficient (Wildman–Crippen LogP) is 3.25. The molecule has 11 nitrogen and oxygen atoms in total. The SMILES string of the molecule is CN1CCN(Cc2ccc(Oc3cccc(C(=O)N4CC[C@@H](NC(=O)c5cc(-c6cnn(C)c6)cnc5N)C4)c3)cc2)CC1. The molecule has 0 unspecified atom stereocenters. The minimum atomic E-state index is -0.315. The van der Waals surface area contributed by atoms with Crippen molar-refractivity contribution >= 4 is 17.6 Å². The van der Waals surface area contributed by atoms with Gasteiger partial charge in [-0.1, -0.05) is 18.2 Å². The number of ether oxygens (including phenoxy) is 1. The number of rotatable bonds is 8. The summed E-state index contributed by atoms with van der Waals surface area (Å²) in [5, 5.41) is 7.21. The van der Waals surface area contributed by atoms with Crippen LogP contribution in [0.3, 0.4) is 0 Å². The molecule has 2 aliphatic heterocycles. The summed E-state index contributed by atoms with van der Waals surface area (Å²) in [5.74, 6) is 1.06. The molecule has 2 aliphatic rings. The zero-order valence-electron chi connectivity index (χ0n) is 25.1. The Kier molecular flexibility index (Phi) is 8.58. The van der Waals surface area contributed by atoms with Crippen LogP contribution in [0, 0.1) is 0 Å². The van der Waals surface area contributed by atoms with E-state index in [0.29, 0.717) is 36.4 Å².